The van der Waals surface area contributed by atoms with Gasteiger partial charge in [0, 0.05) is 0 Å². The Hall–Kier alpha value is 0.570. The number of carbonyl (C=O) groups is 1. The van der Waals surface area contributed by atoms with E-state index in [1.165, 1.54) is 0 Å². The van der Waals surface area contributed by atoms with Crippen molar-refractivity contribution in [3.63, 3.8) is 0 Å². The molecule has 0 saturated carbocycles. The molecule has 1 atom stereocenters. The molecule has 58 valence electrons. The molecule has 6 nitrogen and oxygen atoms in total. The molecule has 0 aromatic carbocycles. The van der Waals surface area contributed by atoms with Crippen molar-refractivity contribution >= 4 is 43.7 Å². The summed E-state index contributed by atoms with van der Waals surface area (Å²) in [6.45, 7) is -0.789. The van der Waals surface area contributed by atoms with Crippen LogP contribution in [0.3, 0.4) is 0 Å². The SMILES string of the molecule is O.O.O=C([O-])C(O)CO.[Ca+2]. The van der Waals surface area contributed by atoms with E-state index in [1.807, 2.05) is 0 Å². The fraction of sp³-hybridized carbons (Fsp3) is 0.667. The second-order valence-electron chi connectivity index (χ2n) is 1.02. The quantitative estimate of drug-likeness (QED) is 0.411. The van der Waals surface area contributed by atoms with Crippen molar-refractivity contribution in [1.82, 2.24) is 0 Å². The number of carboxylic acid groups (broad SMARTS) is 1. The van der Waals surface area contributed by atoms with Crippen molar-refractivity contribution < 1.29 is 31.1 Å². The Labute approximate surface area is 87.1 Å². The second-order valence-corrected chi connectivity index (χ2v) is 1.02. The van der Waals surface area contributed by atoms with Crippen LogP contribution in [0.2, 0.25) is 0 Å². The first-order valence-corrected chi connectivity index (χ1v) is 1.68. The minimum atomic E-state index is -1.74. The summed E-state index contributed by atoms with van der Waals surface area (Å²) in [7, 11) is 0. The van der Waals surface area contributed by atoms with Crippen LogP contribution in [-0.4, -0.2) is 77.6 Å². The number of aliphatic carboxylic acids is 1. The molecule has 0 aromatic heterocycles. The zero-order valence-corrected chi connectivity index (χ0v) is 7.41. The molecule has 0 bridgehead atoms. The summed E-state index contributed by atoms with van der Waals surface area (Å²) in [5.41, 5.74) is 0. The van der Waals surface area contributed by atoms with Crippen molar-refractivity contribution in [1.29, 1.82) is 0 Å². The predicted octanol–water partition coefficient (Wildman–Crippen LogP) is -4.94. The molecule has 0 aliphatic rings. The van der Waals surface area contributed by atoms with Gasteiger partial charge in [-0.15, -0.1) is 0 Å². The zero-order chi connectivity index (χ0) is 5.86. The molecular weight excluding hydrogens is 172 g/mol. The van der Waals surface area contributed by atoms with Crippen LogP contribution < -0.4 is 5.11 Å². The molecule has 0 fully saturated rings. The van der Waals surface area contributed by atoms with Gasteiger partial charge >= 0.3 is 37.7 Å². The minimum Gasteiger partial charge on any atom is -0.547 e. The molecule has 10 heavy (non-hydrogen) atoms. The predicted molar refractivity (Wildman–Crippen MR) is 31.1 cm³/mol. The first kappa shape index (κ1) is 22.4. The van der Waals surface area contributed by atoms with Crippen LogP contribution in [-0.2, 0) is 4.79 Å². The summed E-state index contributed by atoms with van der Waals surface area (Å²) in [5.74, 6) is -1.65. The number of aliphatic hydroxyl groups excluding tert-OH is 2. The van der Waals surface area contributed by atoms with Crippen LogP contribution in [0.1, 0.15) is 0 Å². The molecule has 0 heterocycles. The monoisotopic (exact) mass is 181 g/mol. The number of hydrogen-bond donors (Lipinski definition) is 2. The number of aliphatic hydroxyl groups is 2. The topological polar surface area (TPSA) is 144 Å². The molecule has 0 saturated heterocycles. The largest absolute Gasteiger partial charge is 2.00 e. The summed E-state index contributed by atoms with van der Waals surface area (Å²) in [4.78, 5) is 9.41. The second kappa shape index (κ2) is 12.3. The van der Waals surface area contributed by atoms with Gasteiger partial charge in [-0.3, -0.25) is 0 Å². The molecule has 0 amide bonds. The van der Waals surface area contributed by atoms with Crippen molar-refractivity contribution in [2.24, 2.45) is 0 Å². The Morgan fingerprint density at radius 2 is 1.80 bits per heavy atom. The number of rotatable bonds is 2. The van der Waals surface area contributed by atoms with E-state index in [-0.39, 0.29) is 48.7 Å². The standard InChI is InChI=1S/C3H6O4.Ca.2H2O/c4-1-2(5)3(6)7;;;/h2,4-5H,1H2,(H,6,7);;2*1H2/q;+2;;/p-1. The fourth-order valence-electron chi connectivity index (χ4n) is 0.0745. The third-order valence-corrected chi connectivity index (χ3v) is 0.445. The van der Waals surface area contributed by atoms with E-state index in [0.717, 1.165) is 0 Å². The molecule has 0 rings (SSSR count). The molecular formula is C3H9CaO6+. The van der Waals surface area contributed by atoms with Crippen LogP contribution in [0.25, 0.3) is 0 Å². The third kappa shape index (κ3) is 11.4. The summed E-state index contributed by atoms with van der Waals surface area (Å²) in [5, 5.41) is 25.3. The zero-order valence-electron chi connectivity index (χ0n) is 5.20. The van der Waals surface area contributed by atoms with Crippen LogP contribution in [0.5, 0.6) is 0 Å². The summed E-state index contributed by atoms with van der Waals surface area (Å²) >= 11 is 0. The third-order valence-electron chi connectivity index (χ3n) is 0.445. The van der Waals surface area contributed by atoms with Gasteiger partial charge in [-0.2, -0.15) is 0 Å². The van der Waals surface area contributed by atoms with E-state index in [1.54, 1.807) is 0 Å². The maximum atomic E-state index is 9.41. The maximum Gasteiger partial charge on any atom is 2.00 e. The summed E-state index contributed by atoms with van der Waals surface area (Å²) < 4.78 is 0. The normalized spacial score (nSPS) is 9.40. The van der Waals surface area contributed by atoms with Gasteiger partial charge in [-0.1, -0.05) is 0 Å². The van der Waals surface area contributed by atoms with Gasteiger partial charge in [0.25, 0.3) is 0 Å². The Bertz CT molecular complexity index is 75.4. The summed E-state index contributed by atoms with van der Waals surface area (Å²) in [6.07, 6.45) is -1.74. The molecule has 1 unspecified atom stereocenters. The minimum absolute atomic E-state index is 0. The van der Waals surface area contributed by atoms with Crippen molar-refractivity contribution in [3.05, 3.63) is 0 Å². The Morgan fingerprint density at radius 3 is 1.80 bits per heavy atom. The van der Waals surface area contributed by atoms with Crippen molar-refractivity contribution in [3.8, 4) is 0 Å². The molecule has 7 heteroatoms. The van der Waals surface area contributed by atoms with E-state index in [2.05, 4.69) is 0 Å². The van der Waals surface area contributed by atoms with Gasteiger partial charge in [0.05, 0.1) is 12.6 Å². The number of hydrogen-bond acceptors (Lipinski definition) is 4. The van der Waals surface area contributed by atoms with Crippen molar-refractivity contribution in [2.45, 2.75) is 6.10 Å². The van der Waals surface area contributed by atoms with Gasteiger partial charge in [0.15, 0.2) is 0 Å². The molecule has 0 radical (unpaired) electrons. The smallest absolute Gasteiger partial charge is 0.547 e. The van der Waals surface area contributed by atoms with Crippen LogP contribution in [0.15, 0.2) is 0 Å². The van der Waals surface area contributed by atoms with Gasteiger partial charge in [-0.25, -0.2) is 0 Å². The van der Waals surface area contributed by atoms with Crippen molar-refractivity contribution in [2.75, 3.05) is 6.61 Å². The molecule has 6 N–H and O–H groups in total. The number of carbonyl (C=O) groups excluding carboxylic acids is 1. The van der Waals surface area contributed by atoms with Gasteiger partial charge in [0.2, 0.25) is 0 Å². The molecule has 0 spiro atoms. The van der Waals surface area contributed by atoms with Crippen LogP contribution in [0, 0.1) is 0 Å². The fourth-order valence-corrected chi connectivity index (χ4v) is 0.0745. The Balaban J connectivity index is -0.0000000600. The van der Waals surface area contributed by atoms with E-state index >= 15 is 0 Å². The van der Waals surface area contributed by atoms with Gasteiger partial charge in [0.1, 0.15) is 6.10 Å². The van der Waals surface area contributed by atoms with E-state index in [9.17, 15) is 9.90 Å². The Kier molecular flexibility index (Phi) is 27.5. The number of carboxylic acids is 1. The van der Waals surface area contributed by atoms with E-state index in [0.29, 0.717) is 0 Å². The summed E-state index contributed by atoms with van der Waals surface area (Å²) in [6, 6.07) is 0. The Morgan fingerprint density at radius 1 is 1.50 bits per heavy atom. The van der Waals surface area contributed by atoms with E-state index < -0.39 is 18.7 Å². The molecule has 0 aromatic rings. The van der Waals surface area contributed by atoms with Crippen LogP contribution >= 0.6 is 0 Å². The molecule has 0 aliphatic heterocycles. The first-order chi connectivity index (χ1) is 3.18. The van der Waals surface area contributed by atoms with Crippen LogP contribution in [0.4, 0.5) is 0 Å². The average molecular weight is 181 g/mol. The molecule has 0 aliphatic carbocycles. The van der Waals surface area contributed by atoms with E-state index in [4.69, 9.17) is 10.2 Å². The van der Waals surface area contributed by atoms with Gasteiger partial charge < -0.3 is 31.1 Å². The first-order valence-electron chi connectivity index (χ1n) is 1.68. The average Bonchev–Trinajstić information content (AvgIpc) is 1.65. The van der Waals surface area contributed by atoms with Gasteiger partial charge in [-0.05, 0) is 0 Å². The maximum absolute atomic E-state index is 9.41.